The molecule has 0 aliphatic carbocycles. The van der Waals surface area contributed by atoms with Crippen LogP contribution in [-0.4, -0.2) is 6.54 Å². The Kier molecular flexibility index (Phi) is 5.54. The molecule has 0 spiro atoms. The molecule has 0 aliphatic rings. The van der Waals surface area contributed by atoms with Crippen molar-refractivity contribution in [2.75, 3.05) is 6.54 Å². The summed E-state index contributed by atoms with van der Waals surface area (Å²) in [5, 5.41) is 3.55. The first kappa shape index (κ1) is 13.2. The Balaban J connectivity index is 2.77. The maximum atomic E-state index is 3.55. The molecule has 0 saturated carbocycles. The summed E-state index contributed by atoms with van der Waals surface area (Å²) in [7, 11) is 0. The standard InChI is InChI=1S/C15H25N/c1-5-7-13-8-10-14(11-9-13)15(12(3)4)16-6-2/h8-12,15-16H,5-7H2,1-4H3. The first-order valence-corrected chi connectivity index (χ1v) is 6.51. The molecule has 0 bridgehead atoms. The monoisotopic (exact) mass is 219 g/mol. The molecule has 0 fully saturated rings. The van der Waals surface area contributed by atoms with E-state index in [0.717, 1.165) is 6.54 Å². The van der Waals surface area contributed by atoms with Gasteiger partial charge in [-0.05, 0) is 30.0 Å². The maximum Gasteiger partial charge on any atom is 0.0343 e. The molecular weight excluding hydrogens is 194 g/mol. The minimum atomic E-state index is 0.487. The predicted molar refractivity (Wildman–Crippen MR) is 71.7 cm³/mol. The molecule has 1 atom stereocenters. The molecule has 0 aliphatic heterocycles. The lowest BCUT2D eigenvalue weighted by Crippen LogP contribution is -2.25. The molecule has 1 N–H and O–H groups in total. The van der Waals surface area contributed by atoms with Gasteiger partial charge in [0.15, 0.2) is 0 Å². The van der Waals surface area contributed by atoms with E-state index in [2.05, 4.69) is 57.3 Å². The first-order chi connectivity index (χ1) is 7.69. The number of benzene rings is 1. The minimum Gasteiger partial charge on any atom is -0.310 e. The van der Waals surface area contributed by atoms with E-state index in [9.17, 15) is 0 Å². The molecule has 0 radical (unpaired) electrons. The van der Waals surface area contributed by atoms with Crippen molar-refractivity contribution >= 4 is 0 Å². The van der Waals surface area contributed by atoms with Crippen molar-refractivity contribution in [3.05, 3.63) is 35.4 Å². The third-order valence-electron chi connectivity index (χ3n) is 2.97. The molecule has 0 amide bonds. The summed E-state index contributed by atoms with van der Waals surface area (Å²) in [4.78, 5) is 0. The second kappa shape index (κ2) is 6.70. The van der Waals surface area contributed by atoms with E-state index in [1.54, 1.807) is 0 Å². The average molecular weight is 219 g/mol. The summed E-state index contributed by atoms with van der Waals surface area (Å²) in [5.74, 6) is 0.636. The summed E-state index contributed by atoms with van der Waals surface area (Å²) in [6.07, 6.45) is 2.41. The zero-order valence-corrected chi connectivity index (χ0v) is 11.1. The third kappa shape index (κ3) is 3.64. The second-order valence-corrected chi connectivity index (χ2v) is 4.77. The maximum absolute atomic E-state index is 3.55. The Morgan fingerprint density at radius 2 is 1.69 bits per heavy atom. The lowest BCUT2D eigenvalue weighted by molar-refractivity contribution is 0.421. The molecule has 1 heteroatoms. The Hall–Kier alpha value is -0.820. The van der Waals surface area contributed by atoms with Crippen LogP contribution in [0.2, 0.25) is 0 Å². The van der Waals surface area contributed by atoms with Crippen LogP contribution in [0.1, 0.15) is 51.3 Å². The van der Waals surface area contributed by atoms with E-state index in [0.29, 0.717) is 12.0 Å². The summed E-state index contributed by atoms with van der Waals surface area (Å²) in [6.45, 7) is 9.96. The molecule has 0 saturated heterocycles. The molecule has 0 heterocycles. The van der Waals surface area contributed by atoms with Crippen LogP contribution < -0.4 is 5.32 Å². The minimum absolute atomic E-state index is 0.487. The van der Waals surface area contributed by atoms with Crippen molar-refractivity contribution in [1.29, 1.82) is 0 Å². The van der Waals surface area contributed by atoms with E-state index >= 15 is 0 Å². The Bertz CT molecular complexity index is 287. The van der Waals surface area contributed by atoms with E-state index in [-0.39, 0.29) is 0 Å². The molecular formula is C15H25N. The Labute approximate surface area is 100 Å². The van der Waals surface area contributed by atoms with E-state index in [1.165, 1.54) is 24.0 Å². The first-order valence-electron chi connectivity index (χ1n) is 6.51. The topological polar surface area (TPSA) is 12.0 Å². The van der Waals surface area contributed by atoms with Gasteiger partial charge in [0.1, 0.15) is 0 Å². The average Bonchev–Trinajstić information content (AvgIpc) is 2.27. The normalized spacial score (nSPS) is 13.1. The SMILES string of the molecule is CCCc1ccc(C(NCC)C(C)C)cc1. The number of nitrogens with one attached hydrogen (secondary N) is 1. The zero-order valence-electron chi connectivity index (χ0n) is 11.1. The molecule has 90 valence electrons. The molecule has 1 unspecified atom stereocenters. The fourth-order valence-corrected chi connectivity index (χ4v) is 2.14. The third-order valence-corrected chi connectivity index (χ3v) is 2.97. The van der Waals surface area contributed by atoms with Gasteiger partial charge in [-0.3, -0.25) is 0 Å². The number of hydrogen-bond donors (Lipinski definition) is 1. The van der Waals surface area contributed by atoms with Gasteiger partial charge in [-0.1, -0.05) is 58.4 Å². The lowest BCUT2D eigenvalue weighted by Gasteiger charge is -2.22. The predicted octanol–water partition coefficient (Wildman–Crippen LogP) is 3.95. The van der Waals surface area contributed by atoms with Crippen LogP contribution in [0.3, 0.4) is 0 Å². The number of hydrogen-bond acceptors (Lipinski definition) is 1. The fraction of sp³-hybridized carbons (Fsp3) is 0.600. The highest BCUT2D eigenvalue weighted by molar-refractivity contribution is 5.25. The molecule has 1 aromatic rings. The smallest absolute Gasteiger partial charge is 0.0343 e. The van der Waals surface area contributed by atoms with Crippen LogP contribution in [-0.2, 0) is 6.42 Å². The van der Waals surface area contributed by atoms with E-state index in [4.69, 9.17) is 0 Å². The molecule has 1 aromatic carbocycles. The van der Waals surface area contributed by atoms with Crippen LogP contribution in [0.4, 0.5) is 0 Å². The summed E-state index contributed by atoms with van der Waals surface area (Å²) >= 11 is 0. The molecule has 16 heavy (non-hydrogen) atoms. The fourth-order valence-electron chi connectivity index (χ4n) is 2.14. The van der Waals surface area contributed by atoms with Gasteiger partial charge in [0, 0.05) is 6.04 Å². The Morgan fingerprint density at radius 1 is 1.06 bits per heavy atom. The van der Waals surface area contributed by atoms with Gasteiger partial charge in [-0.15, -0.1) is 0 Å². The van der Waals surface area contributed by atoms with Crippen LogP contribution in [0.25, 0.3) is 0 Å². The van der Waals surface area contributed by atoms with Gasteiger partial charge in [0.25, 0.3) is 0 Å². The Morgan fingerprint density at radius 3 is 2.12 bits per heavy atom. The summed E-state index contributed by atoms with van der Waals surface area (Å²) in [5.41, 5.74) is 2.86. The van der Waals surface area contributed by atoms with Crippen molar-refractivity contribution in [2.24, 2.45) is 5.92 Å². The highest BCUT2D eigenvalue weighted by Crippen LogP contribution is 2.22. The quantitative estimate of drug-likeness (QED) is 0.764. The summed E-state index contributed by atoms with van der Waals surface area (Å²) < 4.78 is 0. The molecule has 0 aromatic heterocycles. The van der Waals surface area contributed by atoms with Crippen molar-refractivity contribution in [3.8, 4) is 0 Å². The van der Waals surface area contributed by atoms with Crippen molar-refractivity contribution in [2.45, 2.75) is 46.6 Å². The van der Waals surface area contributed by atoms with Gasteiger partial charge in [-0.25, -0.2) is 0 Å². The second-order valence-electron chi connectivity index (χ2n) is 4.77. The molecule has 1 nitrogen and oxygen atoms in total. The number of rotatable bonds is 6. The van der Waals surface area contributed by atoms with Gasteiger partial charge in [0.05, 0.1) is 0 Å². The summed E-state index contributed by atoms with van der Waals surface area (Å²) in [6, 6.07) is 9.58. The van der Waals surface area contributed by atoms with Gasteiger partial charge >= 0.3 is 0 Å². The zero-order chi connectivity index (χ0) is 12.0. The van der Waals surface area contributed by atoms with E-state index in [1.807, 2.05) is 0 Å². The number of aryl methyl sites for hydroxylation is 1. The van der Waals surface area contributed by atoms with Crippen molar-refractivity contribution in [3.63, 3.8) is 0 Å². The van der Waals surface area contributed by atoms with Crippen LogP contribution in [0.5, 0.6) is 0 Å². The lowest BCUT2D eigenvalue weighted by atomic mass is 9.94. The van der Waals surface area contributed by atoms with Gasteiger partial charge in [0.2, 0.25) is 0 Å². The van der Waals surface area contributed by atoms with Gasteiger partial charge < -0.3 is 5.32 Å². The highest BCUT2D eigenvalue weighted by atomic mass is 14.9. The molecule has 1 rings (SSSR count). The van der Waals surface area contributed by atoms with E-state index < -0.39 is 0 Å². The largest absolute Gasteiger partial charge is 0.310 e. The van der Waals surface area contributed by atoms with Gasteiger partial charge in [-0.2, -0.15) is 0 Å². The highest BCUT2D eigenvalue weighted by Gasteiger charge is 2.13. The van der Waals surface area contributed by atoms with Crippen LogP contribution >= 0.6 is 0 Å². The van der Waals surface area contributed by atoms with Crippen molar-refractivity contribution < 1.29 is 0 Å². The van der Waals surface area contributed by atoms with Crippen molar-refractivity contribution in [1.82, 2.24) is 5.32 Å². The van der Waals surface area contributed by atoms with Crippen LogP contribution in [0, 0.1) is 5.92 Å². The van der Waals surface area contributed by atoms with Crippen LogP contribution in [0.15, 0.2) is 24.3 Å².